The van der Waals surface area contributed by atoms with Crippen molar-refractivity contribution in [3.63, 3.8) is 0 Å². The van der Waals surface area contributed by atoms with Gasteiger partial charge in [0.05, 0.1) is 18.1 Å². The Morgan fingerprint density at radius 3 is 2.50 bits per heavy atom. The lowest BCUT2D eigenvalue weighted by Gasteiger charge is -2.23. The molecule has 0 radical (unpaired) electrons. The molecule has 0 bridgehead atoms. The third-order valence-electron chi connectivity index (χ3n) is 4.70. The Hall–Kier alpha value is -2.20. The van der Waals surface area contributed by atoms with Gasteiger partial charge in [-0.05, 0) is 37.3 Å². The van der Waals surface area contributed by atoms with Crippen LogP contribution >= 0.6 is 0 Å². The van der Waals surface area contributed by atoms with E-state index >= 15 is 0 Å². The molecule has 3 unspecified atom stereocenters. The molecular weight excluding hydrogens is 305 g/mol. The highest BCUT2D eigenvalue weighted by molar-refractivity contribution is 5.80. The van der Waals surface area contributed by atoms with Crippen molar-refractivity contribution in [2.75, 3.05) is 0 Å². The topological polar surface area (TPSA) is 49.3 Å². The number of hydrogen-bond acceptors (Lipinski definition) is 2. The number of aliphatic hydroxyl groups is 1. The highest BCUT2D eigenvalue weighted by Gasteiger charge is 2.33. The lowest BCUT2D eigenvalue weighted by Crippen LogP contribution is -2.38. The van der Waals surface area contributed by atoms with E-state index in [0.717, 1.165) is 12.0 Å². The van der Waals surface area contributed by atoms with Crippen molar-refractivity contribution < 1.29 is 14.3 Å². The normalized spacial score (nSPS) is 21.4. The van der Waals surface area contributed by atoms with Crippen molar-refractivity contribution in [3.05, 3.63) is 71.5 Å². The number of carbonyl (C=O) groups excluding carboxylic acids is 1. The minimum atomic E-state index is -0.594. The minimum absolute atomic E-state index is 0.191. The van der Waals surface area contributed by atoms with Crippen LogP contribution in [0.25, 0.3) is 0 Å². The molecule has 1 fully saturated rings. The summed E-state index contributed by atoms with van der Waals surface area (Å²) in [5.41, 5.74) is 1.50. The lowest BCUT2D eigenvalue weighted by molar-refractivity contribution is -0.128. The lowest BCUT2D eigenvalue weighted by atomic mass is 9.96. The second kappa shape index (κ2) is 7.58. The highest BCUT2D eigenvalue weighted by Crippen LogP contribution is 2.28. The molecule has 2 aromatic rings. The molecule has 0 spiro atoms. The van der Waals surface area contributed by atoms with E-state index < -0.39 is 18.1 Å². The number of aliphatic hydroxyl groups excluding tert-OH is 1. The summed E-state index contributed by atoms with van der Waals surface area (Å²) in [5, 5.41) is 12.9. The van der Waals surface area contributed by atoms with E-state index in [-0.39, 0.29) is 11.7 Å². The molecule has 3 rings (SSSR count). The maximum Gasteiger partial charge on any atom is 0.226 e. The Morgan fingerprint density at radius 2 is 1.83 bits per heavy atom. The van der Waals surface area contributed by atoms with Gasteiger partial charge >= 0.3 is 0 Å². The summed E-state index contributed by atoms with van der Waals surface area (Å²) in [7, 11) is 0. The molecule has 0 heterocycles. The van der Waals surface area contributed by atoms with Crippen LogP contribution in [-0.4, -0.2) is 17.1 Å². The zero-order valence-electron chi connectivity index (χ0n) is 13.5. The van der Waals surface area contributed by atoms with E-state index in [0.29, 0.717) is 24.8 Å². The molecule has 3 nitrogen and oxygen atoms in total. The summed E-state index contributed by atoms with van der Waals surface area (Å²) < 4.78 is 14.2. The van der Waals surface area contributed by atoms with Crippen molar-refractivity contribution in [1.82, 2.24) is 5.32 Å². The number of rotatable bonds is 5. The van der Waals surface area contributed by atoms with Crippen LogP contribution in [0.3, 0.4) is 0 Å². The summed E-state index contributed by atoms with van der Waals surface area (Å²) in [6, 6.07) is 15.8. The molecule has 0 aromatic heterocycles. The van der Waals surface area contributed by atoms with Gasteiger partial charge in [-0.3, -0.25) is 4.79 Å². The van der Waals surface area contributed by atoms with E-state index in [4.69, 9.17) is 0 Å². The Kier molecular flexibility index (Phi) is 5.26. The van der Waals surface area contributed by atoms with Crippen LogP contribution in [0.15, 0.2) is 54.6 Å². The van der Waals surface area contributed by atoms with Crippen LogP contribution in [0.2, 0.25) is 0 Å². The van der Waals surface area contributed by atoms with Gasteiger partial charge < -0.3 is 10.4 Å². The van der Waals surface area contributed by atoms with Gasteiger partial charge in [0, 0.05) is 5.56 Å². The summed E-state index contributed by atoms with van der Waals surface area (Å²) in [6.07, 6.45) is 2.10. The zero-order valence-corrected chi connectivity index (χ0v) is 13.5. The minimum Gasteiger partial charge on any atom is -0.392 e. The van der Waals surface area contributed by atoms with Crippen LogP contribution in [0, 0.1) is 11.7 Å². The van der Waals surface area contributed by atoms with Crippen LogP contribution in [0.1, 0.15) is 36.4 Å². The zero-order chi connectivity index (χ0) is 16.9. The van der Waals surface area contributed by atoms with Gasteiger partial charge in [-0.25, -0.2) is 4.39 Å². The van der Waals surface area contributed by atoms with Gasteiger partial charge in [0.25, 0.3) is 0 Å². The molecular formula is C20H22FNO2. The molecule has 0 aliphatic heterocycles. The summed E-state index contributed by atoms with van der Waals surface area (Å²) in [5.74, 6) is -0.912. The van der Waals surface area contributed by atoms with E-state index in [1.807, 2.05) is 30.3 Å². The first kappa shape index (κ1) is 16.7. The number of benzene rings is 2. The van der Waals surface area contributed by atoms with Crippen molar-refractivity contribution in [2.45, 2.75) is 37.8 Å². The summed E-state index contributed by atoms with van der Waals surface area (Å²) >= 11 is 0. The van der Waals surface area contributed by atoms with E-state index in [9.17, 15) is 14.3 Å². The van der Waals surface area contributed by atoms with Crippen LogP contribution in [0.5, 0.6) is 0 Å². The van der Waals surface area contributed by atoms with Crippen molar-refractivity contribution in [3.8, 4) is 0 Å². The smallest absolute Gasteiger partial charge is 0.226 e. The average molecular weight is 327 g/mol. The third-order valence-corrected chi connectivity index (χ3v) is 4.70. The van der Waals surface area contributed by atoms with Crippen LogP contribution in [0.4, 0.5) is 4.39 Å². The largest absolute Gasteiger partial charge is 0.392 e. The van der Waals surface area contributed by atoms with Gasteiger partial charge in [0.15, 0.2) is 0 Å². The molecule has 3 atom stereocenters. The Bertz CT molecular complexity index is 689. The Labute approximate surface area is 141 Å². The van der Waals surface area contributed by atoms with Gasteiger partial charge in [0.1, 0.15) is 5.82 Å². The quantitative estimate of drug-likeness (QED) is 0.884. The fourth-order valence-electron chi connectivity index (χ4n) is 3.37. The SMILES string of the molecule is O=C(NC(Cc1ccccc1)c1ccccc1F)C1CCCC1O. The first-order valence-electron chi connectivity index (χ1n) is 8.42. The molecule has 4 heteroatoms. The predicted molar refractivity (Wildman–Crippen MR) is 90.8 cm³/mol. The van der Waals surface area contributed by atoms with Gasteiger partial charge in [0.2, 0.25) is 5.91 Å². The molecule has 1 aliphatic carbocycles. The van der Waals surface area contributed by atoms with Crippen molar-refractivity contribution >= 4 is 5.91 Å². The average Bonchev–Trinajstić information content (AvgIpc) is 3.02. The van der Waals surface area contributed by atoms with Crippen LogP contribution < -0.4 is 5.32 Å². The monoisotopic (exact) mass is 327 g/mol. The molecule has 1 saturated carbocycles. The first-order chi connectivity index (χ1) is 11.6. The van der Waals surface area contributed by atoms with Gasteiger partial charge in [-0.2, -0.15) is 0 Å². The third kappa shape index (κ3) is 3.82. The predicted octanol–water partition coefficient (Wildman–Crippen LogP) is 3.39. The fourth-order valence-corrected chi connectivity index (χ4v) is 3.37. The standard InChI is InChI=1S/C20H22FNO2/c21-17-11-5-4-9-15(17)18(13-14-7-2-1-3-8-14)22-20(24)16-10-6-12-19(16)23/h1-5,7-9,11,16,18-19,23H,6,10,12-13H2,(H,22,24). The van der Waals surface area contributed by atoms with Crippen LogP contribution in [-0.2, 0) is 11.2 Å². The molecule has 1 aliphatic rings. The number of halogens is 1. The second-order valence-electron chi connectivity index (χ2n) is 6.38. The molecule has 2 N–H and O–H groups in total. The first-order valence-corrected chi connectivity index (χ1v) is 8.42. The van der Waals surface area contributed by atoms with E-state index in [2.05, 4.69) is 5.32 Å². The van der Waals surface area contributed by atoms with E-state index in [1.54, 1.807) is 18.2 Å². The molecule has 1 amide bonds. The maximum absolute atomic E-state index is 14.2. The summed E-state index contributed by atoms with van der Waals surface area (Å²) in [4.78, 5) is 12.5. The maximum atomic E-state index is 14.2. The second-order valence-corrected chi connectivity index (χ2v) is 6.38. The molecule has 0 saturated heterocycles. The molecule has 2 aromatic carbocycles. The van der Waals surface area contributed by atoms with E-state index in [1.165, 1.54) is 6.07 Å². The summed E-state index contributed by atoms with van der Waals surface area (Å²) in [6.45, 7) is 0. The molecule has 126 valence electrons. The number of hydrogen-bond donors (Lipinski definition) is 2. The fraction of sp³-hybridized carbons (Fsp3) is 0.350. The number of nitrogens with one attached hydrogen (secondary N) is 1. The number of amides is 1. The Morgan fingerprint density at radius 1 is 1.12 bits per heavy atom. The van der Waals surface area contributed by atoms with Gasteiger partial charge in [-0.15, -0.1) is 0 Å². The number of carbonyl (C=O) groups is 1. The van der Waals surface area contributed by atoms with Gasteiger partial charge in [-0.1, -0.05) is 48.5 Å². The van der Waals surface area contributed by atoms with Crippen molar-refractivity contribution in [2.24, 2.45) is 5.92 Å². The Balaban J connectivity index is 1.82. The highest BCUT2D eigenvalue weighted by atomic mass is 19.1. The van der Waals surface area contributed by atoms with Crippen molar-refractivity contribution in [1.29, 1.82) is 0 Å². The molecule has 24 heavy (non-hydrogen) atoms.